The van der Waals surface area contributed by atoms with Crippen molar-refractivity contribution in [2.24, 2.45) is 0 Å². The van der Waals surface area contributed by atoms with Gasteiger partial charge in [0.15, 0.2) is 17.5 Å². The Morgan fingerprint density at radius 3 is 1.91 bits per heavy atom. The summed E-state index contributed by atoms with van der Waals surface area (Å²) in [5, 5.41) is 4.66. The number of hydrogen-bond donors (Lipinski definition) is 0. The van der Waals surface area contributed by atoms with Crippen molar-refractivity contribution >= 4 is 53.4 Å². The molecule has 9 aromatic rings. The maximum absolute atomic E-state index is 5.06. The van der Waals surface area contributed by atoms with Crippen LogP contribution in [0.2, 0.25) is 0 Å². The normalized spacial score (nSPS) is 11.6. The number of aromatic nitrogens is 5. The number of fused-ring (bicyclic) bond motifs is 6. The fourth-order valence-electron chi connectivity index (χ4n) is 6.16. The molecule has 0 amide bonds. The van der Waals surface area contributed by atoms with Crippen LogP contribution < -0.4 is 0 Å². The molecule has 5 aromatic carbocycles. The highest BCUT2D eigenvalue weighted by Gasteiger charge is 2.20. The van der Waals surface area contributed by atoms with Gasteiger partial charge in [-0.25, -0.2) is 19.9 Å². The van der Waals surface area contributed by atoms with Gasteiger partial charge in [-0.3, -0.25) is 4.57 Å². The zero-order valence-corrected chi connectivity index (χ0v) is 24.2. The van der Waals surface area contributed by atoms with E-state index in [0.29, 0.717) is 17.5 Å². The summed E-state index contributed by atoms with van der Waals surface area (Å²) in [5.41, 5.74) is 6.11. The number of thiophene rings is 1. The average Bonchev–Trinajstić information content (AvgIpc) is 3.65. The van der Waals surface area contributed by atoms with Crippen LogP contribution >= 0.6 is 11.3 Å². The summed E-state index contributed by atoms with van der Waals surface area (Å²) in [6, 6.07) is 45.9. The summed E-state index contributed by atoms with van der Waals surface area (Å²) in [7, 11) is 0. The monoisotopic (exact) mass is 581 g/mol. The van der Waals surface area contributed by atoms with E-state index in [0.717, 1.165) is 44.3 Å². The van der Waals surface area contributed by atoms with Crippen molar-refractivity contribution < 1.29 is 0 Å². The maximum atomic E-state index is 5.06. The number of benzene rings is 5. The Morgan fingerprint density at radius 1 is 0.500 bits per heavy atom. The van der Waals surface area contributed by atoms with Crippen molar-refractivity contribution in [1.82, 2.24) is 24.5 Å². The van der Waals surface area contributed by atoms with Crippen LogP contribution in [-0.4, -0.2) is 24.5 Å². The standard InChI is InChI=1S/C38H23N5S/c1-3-12-24(13-4-1)35-40-36(25-14-5-2-6-15-25)42-37(41-35)29-18-10-22-32-33(29)28-17-9-21-31(34(28)44-32)43-30-20-8-7-16-26(30)27-19-11-23-39-38(27)43/h1-23H. The summed E-state index contributed by atoms with van der Waals surface area (Å²) in [4.78, 5) is 19.9. The van der Waals surface area contributed by atoms with Gasteiger partial charge >= 0.3 is 0 Å². The molecule has 0 fully saturated rings. The van der Waals surface area contributed by atoms with E-state index in [1.54, 1.807) is 11.3 Å². The molecule has 6 heteroatoms. The third kappa shape index (κ3) is 3.85. The topological polar surface area (TPSA) is 56.5 Å². The summed E-state index contributed by atoms with van der Waals surface area (Å²) in [6.07, 6.45) is 1.87. The van der Waals surface area contributed by atoms with E-state index >= 15 is 0 Å². The Balaban J connectivity index is 1.32. The number of pyridine rings is 1. The third-order valence-corrected chi connectivity index (χ3v) is 9.31. The molecule has 0 aliphatic carbocycles. The van der Waals surface area contributed by atoms with Gasteiger partial charge in [0.05, 0.1) is 15.9 Å². The molecule has 0 N–H and O–H groups in total. The van der Waals surface area contributed by atoms with Crippen molar-refractivity contribution in [3.63, 3.8) is 0 Å². The number of rotatable bonds is 4. The first-order chi connectivity index (χ1) is 21.8. The van der Waals surface area contributed by atoms with Gasteiger partial charge in [-0.2, -0.15) is 0 Å². The molecule has 0 saturated carbocycles. The number of para-hydroxylation sites is 1. The molecule has 9 rings (SSSR count). The van der Waals surface area contributed by atoms with E-state index in [-0.39, 0.29) is 0 Å². The minimum Gasteiger partial charge on any atom is -0.292 e. The Bertz CT molecular complexity index is 2390. The number of hydrogen-bond acceptors (Lipinski definition) is 5. The molecular formula is C38H23N5S. The zero-order chi connectivity index (χ0) is 29.0. The van der Waals surface area contributed by atoms with E-state index in [1.165, 1.54) is 20.2 Å². The lowest BCUT2D eigenvalue weighted by Crippen LogP contribution is -2.00. The van der Waals surface area contributed by atoms with Gasteiger partial charge in [0.2, 0.25) is 0 Å². The van der Waals surface area contributed by atoms with Crippen LogP contribution in [0.15, 0.2) is 140 Å². The second-order valence-corrected chi connectivity index (χ2v) is 11.8. The lowest BCUT2D eigenvalue weighted by Gasteiger charge is -2.10. The number of nitrogens with zero attached hydrogens (tertiary/aromatic N) is 5. The summed E-state index contributed by atoms with van der Waals surface area (Å²) in [5.74, 6) is 1.97. The molecule has 44 heavy (non-hydrogen) atoms. The largest absolute Gasteiger partial charge is 0.292 e. The van der Waals surface area contributed by atoms with Crippen molar-refractivity contribution in [1.29, 1.82) is 0 Å². The molecule has 0 atom stereocenters. The smallest absolute Gasteiger partial charge is 0.164 e. The van der Waals surface area contributed by atoms with Crippen molar-refractivity contribution in [3.05, 3.63) is 140 Å². The fraction of sp³-hybridized carbons (Fsp3) is 0. The summed E-state index contributed by atoms with van der Waals surface area (Å²) in [6.45, 7) is 0. The van der Waals surface area contributed by atoms with E-state index in [9.17, 15) is 0 Å². The first-order valence-electron chi connectivity index (χ1n) is 14.5. The second-order valence-electron chi connectivity index (χ2n) is 10.7. The molecule has 0 bridgehead atoms. The first-order valence-corrected chi connectivity index (χ1v) is 15.3. The highest BCUT2D eigenvalue weighted by atomic mass is 32.1. The predicted molar refractivity (Wildman–Crippen MR) is 181 cm³/mol. The van der Waals surface area contributed by atoms with Crippen molar-refractivity contribution in [2.45, 2.75) is 0 Å². The molecule has 0 unspecified atom stereocenters. The molecule has 4 aromatic heterocycles. The molecular weight excluding hydrogens is 559 g/mol. The molecule has 0 aliphatic rings. The average molecular weight is 582 g/mol. The molecule has 0 spiro atoms. The maximum Gasteiger partial charge on any atom is 0.164 e. The van der Waals surface area contributed by atoms with E-state index in [1.807, 2.05) is 72.9 Å². The van der Waals surface area contributed by atoms with Crippen LogP contribution in [-0.2, 0) is 0 Å². The van der Waals surface area contributed by atoms with Gasteiger partial charge < -0.3 is 0 Å². The quantitative estimate of drug-likeness (QED) is 0.208. The zero-order valence-electron chi connectivity index (χ0n) is 23.4. The lowest BCUT2D eigenvalue weighted by atomic mass is 10.0. The Labute approximate surface area is 256 Å². The minimum atomic E-state index is 0.656. The molecule has 5 nitrogen and oxygen atoms in total. The van der Waals surface area contributed by atoms with E-state index < -0.39 is 0 Å². The second kappa shape index (κ2) is 9.93. The van der Waals surface area contributed by atoms with Crippen LogP contribution in [0.3, 0.4) is 0 Å². The molecule has 206 valence electrons. The SMILES string of the molecule is c1ccc(-c2nc(-c3ccccc3)nc(-c3cccc4sc5c(-n6c7ccccc7c7cccnc76)cccc5c34)n2)cc1. The van der Waals surface area contributed by atoms with Gasteiger partial charge in [-0.1, -0.05) is 103 Å². The molecule has 0 aliphatic heterocycles. The molecule has 0 saturated heterocycles. The van der Waals surface area contributed by atoms with Gasteiger partial charge in [0, 0.05) is 49.1 Å². The van der Waals surface area contributed by atoms with Crippen LogP contribution in [0.1, 0.15) is 0 Å². The first kappa shape index (κ1) is 24.8. The molecule has 0 radical (unpaired) electrons. The van der Waals surface area contributed by atoms with Gasteiger partial charge in [0.1, 0.15) is 5.65 Å². The van der Waals surface area contributed by atoms with Crippen LogP contribution in [0, 0.1) is 0 Å². The van der Waals surface area contributed by atoms with Crippen LogP contribution in [0.5, 0.6) is 0 Å². The van der Waals surface area contributed by atoms with Gasteiger partial charge in [-0.15, -0.1) is 11.3 Å². The third-order valence-electron chi connectivity index (χ3n) is 8.12. The highest BCUT2D eigenvalue weighted by molar-refractivity contribution is 7.26. The van der Waals surface area contributed by atoms with E-state index in [2.05, 4.69) is 71.3 Å². The molecule has 4 heterocycles. The lowest BCUT2D eigenvalue weighted by molar-refractivity contribution is 1.08. The summed E-state index contributed by atoms with van der Waals surface area (Å²) >= 11 is 1.79. The Hall–Kier alpha value is -5.72. The predicted octanol–water partition coefficient (Wildman–Crippen LogP) is 9.73. The fourth-order valence-corrected chi connectivity index (χ4v) is 7.40. The highest BCUT2D eigenvalue weighted by Crippen LogP contribution is 2.43. The minimum absolute atomic E-state index is 0.656. The summed E-state index contributed by atoms with van der Waals surface area (Å²) < 4.78 is 4.68. The van der Waals surface area contributed by atoms with Gasteiger partial charge in [0.25, 0.3) is 0 Å². The van der Waals surface area contributed by atoms with Crippen LogP contribution in [0.25, 0.3) is 82.0 Å². The van der Waals surface area contributed by atoms with Crippen LogP contribution in [0.4, 0.5) is 0 Å². The van der Waals surface area contributed by atoms with Gasteiger partial charge in [-0.05, 0) is 30.3 Å². The van der Waals surface area contributed by atoms with Crippen molar-refractivity contribution in [3.8, 4) is 39.9 Å². The Morgan fingerprint density at radius 2 is 1.14 bits per heavy atom. The Kier molecular flexibility index (Phi) is 5.61. The van der Waals surface area contributed by atoms with E-state index in [4.69, 9.17) is 19.9 Å². The van der Waals surface area contributed by atoms with Crippen molar-refractivity contribution in [2.75, 3.05) is 0 Å².